The first-order chi connectivity index (χ1) is 8.19. The van der Waals surface area contributed by atoms with Gasteiger partial charge >= 0.3 is 6.09 Å². The van der Waals surface area contributed by atoms with E-state index >= 15 is 0 Å². The topological polar surface area (TPSA) is 53.4 Å². The Morgan fingerprint density at radius 2 is 2.12 bits per heavy atom. The largest absolute Gasteiger partial charge is 0.465 e. The fraction of sp³-hybridized carbons (Fsp3) is 0.385. The van der Waals surface area contributed by atoms with Gasteiger partial charge in [-0.1, -0.05) is 12.1 Å². The van der Waals surface area contributed by atoms with E-state index in [0.717, 1.165) is 18.2 Å². The van der Waals surface area contributed by atoms with Crippen molar-refractivity contribution in [2.24, 2.45) is 5.41 Å². The van der Waals surface area contributed by atoms with Gasteiger partial charge in [0.25, 0.3) is 0 Å². The van der Waals surface area contributed by atoms with Gasteiger partial charge in [0, 0.05) is 24.7 Å². The molecule has 1 saturated heterocycles. The summed E-state index contributed by atoms with van der Waals surface area (Å²) in [6, 6.07) is 4.01. The summed E-state index contributed by atoms with van der Waals surface area (Å²) in [5.41, 5.74) is 0.0304. The number of aromatic nitrogens is 1. The summed E-state index contributed by atoms with van der Waals surface area (Å²) in [4.78, 5) is 16.7. The maximum absolute atomic E-state index is 10.9. The van der Waals surface area contributed by atoms with E-state index in [1.807, 2.05) is 6.07 Å². The van der Waals surface area contributed by atoms with Crippen LogP contribution in [0.25, 0.3) is 12.2 Å². The van der Waals surface area contributed by atoms with Crippen molar-refractivity contribution in [2.75, 3.05) is 13.1 Å². The van der Waals surface area contributed by atoms with Crippen LogP contribution in [0.1, 0.15) is 12.8 Å². The van der Waals surface area contributed by atoms with Crippen LogP contribution in [0.2, 0.25) is 0 Å². The maximum atomic E-state index is 10.9. The fourth-order valence-corrected chi connectivity index (χ4v) is 2.70. The Labute approximate surface area is 98.9 Å². The van der Waals surface area contributed by atoms with E-state index in [1.165, 1.54) is 10.1 Å². The van der Waals surface area contributed by atoms with Crippen LogP contribution in [-0.4, -0.2) is 34.2 Å². The van der Waals surface area contributed by atoms with Crippen LogP contribution in [0.4, 0.5) is 4.79 Å². The molecule has 17 heavy (non-hydrogen) atoms. The Hall–Kier alpha value is -1.84. The number of fused-ring (bicyclic) bond motifs is 1. The van der Waals surface area contributed by atoms with Crippen molar-refractivity contribution in [1.82, 2.24) is 9.88 Å². The van der Waals surface area contributed by atoms with Crippen molar-refractivity contribution < 1.29 is 9.90 Å². The maximum Gasteiger partial charge on any atom is 0.407 e. The Bertz CT molecular complexity index is 534. The molecule has 4 nitrogen and oxygen atoms in total. The predicted octanol–water partition coefficient (Wildman–Crippen LogP) is 0.416. The van der Waals surface area contributed by atoms with Crippen molar-refractivity contribution in [2.45, 2.75) is 12.8 Å². The van der Waals surface area contributed by atoms with Gasteiger partial charge in [-0.05, 0) is 30.2 Å². The van der Waals surface area contributed by atoms with Crippen LogP contribution >= 0.6 is 0 Å². The zero-order chi connectivity index (χ0) is 11.9. The number of carboxylic acid groups (broad SMARTS) is 1. The van der Waals surface area contributed by atoms with Crippen LogP contribution < -0.4 is 10.6 Å². The van der Waals surface area contributed by atoms with Gasteiger partial charge in [-0.15, -0.1) is 0 Å². The van der Waals surface area contributed by atoms with Crippen molar-refractivity contribution in [1.29, 1.82) is 0 Å². The Balaban J connectivity index is 1.89. The molecule has 1 aliphatic carbocycles. The molecule has 0 aromatic carbocycles. The van der Waals surface area contributed by atoms with E-state index in [1.54, 1.807) is 6.20 Å². The van der Waals surface area contributed by atoms with E-state index in [2.05, 4.69) is 23.2 Å². The second-order valence-electron chi connectivity index (χ2n) is 4.77. The lowest BCUT2D eigenvalue weighted by atomic mass is 9.80. The molecule has 2 heterocycles. The SMILES string of the molecule is O=C(O)N1CCC2(C=c3cccnc3=C2)CC1. The number of nitrogens with zero attached hydrogens (tertiary/aromatic N) is 2. The first kappa shape index (κ1) is 10.3. The van der Waals surface area contributed by atoms with Crippen LogP contribution in [0.3, 0.4) is 0 Å². The summed E-state index contributed by atoms with van der Waals surface area (Å²) < 4.78 is 0. The minimum Gasteiger partial charge on any atom is -0.465 e. The zero-order valence-corrected chi connectivity index (χ0v) is 9.47. The van der Waals surface area contributed by atoms with E-state index in [9.17, 15) is 4.79 Å². The molecule has 1 aromatic rings. The molecule has 1 amide bonds. The van der Waals surface area contributed by atoms with Gasteiger partial charge in [-0.3, -0.25) is 4.98 Å². The third-order valence-corrected chi connectivity index (χ3v) is 3.70. The van der Waals surface area contributed by atoms with E-state index in [-0.39, 0.29) is 5.41 Å². The summed E-state index contributed by atoms with van der Waals surface area (Å²) in [7, 11) is 0. The van der Waals surface area contributed by atoms with Crippen molar-refractivity contribution >= 4 is 18.2 Å². The average Bonchev–Trinajstić information content (AvgIpc) is 2.67. The Kier molecular flexibility index (Phi) is 2.18. The molecule has 2 aliphatic rings. The second kappa shape index (κ2) is 3.58. The summed E-state index contributed by atoms with van der Waals surface area (Å²) >= 11 is 0. The molecule has 0 saturated carbocycles. The van der Waals surface area contributed by atoms with Gasteiger partial charge in [-0.2, -0.15) is 0 Å². The summed E-state index contributed by atoms with van der Waals surface area (Å²) in [6.45, 7) is 1.21. The van der Waals surface area contributed by atoms with Crippen molar-refractivity contribution in [3.05, 3.63) is 28.9 Å². The molecule has 1 spiro atoms. The summed E-state index contributed by atoms with van der Waals surface area (Å²) in [5, 5.41) is 11.2. The van der Waals surface area contributed by atoms with Gasteiger partial charge in [0.15, 0.2) is 0 Å². The number of hydrogen-bond acceptors (Lipinski definition) is 2. The molecule has 0 bridgehead atoms. The Morgan fingerprint density at radius 3 is 2.76 bits per heavy atom. The van der Waals surface area contributed by atoms with Crippen LogP contribution in [0, 0.1) is 5.41 Å². The minimum atomic E-state index is -0.812. The van der Waals surface area contributed by atoms with Crippen molar-refractivity contribution in [3.8, 4) is 0 Å². The predicted molar refractivity (Wildman–Crippen MR) is 63.7 cm³/mol. The first-order valence-corrected chi connectivity index (χ1v) is 5.83. The molecular weight excluding hydrogens is 216 g/mol. The summed E-state index contributed by atoms with van der Waals surface area (Å²) in [5.74, 6) is 0. The third-order valence-electron chi connectivity index (χ3n) is 3.70. The first-order valence-electron chi connectivity index (χ1n) is 5.83. The highest BCUT2D eigenvalue weighted by molar-refractivity contribution is 5.66. The number of carbonyl (C=O) groups is 1. The molecule has 4 heteroatoms. The lowest BCUT2D eigenvalue weighted by Crippen LogP contribution is -2.40. The third kappa shape index (κ3) is 1.69. The van der Waals surface area contributed by atoms with Crippen LogP contribution in [0.15, 0.2) is 18.3 Å². The molecule has 0 radical (unpaired) electrons. The highest BCUT2D eigenvalue weighted by Crippen LogP contribution is 2.36. The highest BCUT2D eigenvalue weighted by Gasteiger charge is 2.34. The number of piperidine rings is 1. The second-order valence-corrected chi connectivity index (χ2v) is 4.77. The molecule has 1 aliphatic heterocycles. The number of likely N-dealkylation sites (tertiary alicyclic amines) is 1. The molecular formula is C13H14N2O2. The minimum absolute atomic E-state index is 0.0304. The monoisotopic (exact) mass is 230 g/mol. The number of rotatable bonds is 0. The number of pyridine rings is 1. The number of hydrogen-bond donors (Lipinski definition) is 1. The van der Waals surface area contributed by atoms with Gasteiger partial charge in [0.05, 0.1) is 5.35 Å². The number of amides is 1. The quantitative estimate of drug-likeness (QED) is 0.702. The molecule has 88 valence electrons. The van der Waals surface area contributed by atoms with E-state index in [0.29, 0.717) is 13.1 Å². The van der Waals surface area contributed by atoms with Crippen molar-refractivity contribution in [3.63, 3.8) is 0 Å². The molecule has 1 N–H and O–H groups in total. The van der Waals surface area contributed by atoms with E-state index in [4.69, 9.17) is 5.11 Å². The normalized spacial score (nSPS) is 20.6. The highest BCUT2D eigenvalue weighted by atomic mass is 16.4. The molecule has 1 fully saturated rings. The zero-order valence-electron chi connectivity index (χ0n) is 9.47. The van der Waals surface area contributed by atoms with Gasteiger partial charge in [-0.25, -0.2) is 4.79 Å². The van der Waals surface area contributed by atoms with Gasteiger partial charge in [0.1, 0.15) is 0 Å². The van der Waals surface area contributed by atoms with Gasteiger partial charge < -0.3 is 10.0 Å². The lowest BCUT2D eigenvalue weighted by Gasteiger charge is -2.35. The lowest BCUT2D eigenvalue weighted by molar-refractivity contribution is 0.124. The molecule has 0 unspecified atom stereocenters. The smallest absolute Gasteiger partial charge is 0.407 e. The molecule has 1 aromatic heterocycles. The van der Waals surface area contributed by atoms with E-state index < -0.39 is 6.09 Å². The molecule has 0 atom stereocenters. The van der Waals surface area contributed by atoms with Crippen LogP contribution in [-0.2, 0) is 0 Å². The van der Waals surface area contributed by atoms with Gasteiger partial charge in [0.2, 0.25) is 0 Å². The molecule has 3 rings (SSSR count). The standard InChI is InChI=1S/C13H14N2O2/c16-12(17)15-6-3-13(4-7-15)8-10-2-1-5-14-11(10)9-13/h1-2,5,8-9H,3-4,6-7H2,(H,16,17). The van der Waals surface area contributed by atoms with Crippen LogP contribution in [0.5, 0.6) is 0 Å². The average molecular weight is 230 g/mol. The summed E-state index contributed by atoms with van der Waals surface area (Å²) in [6.07, 6.45) is 7.14. The fourth-order valence-electron chi connectivity index (χ4n) is 2.70. The Morgan fingerprint density at radius 1 is 1.35 bits per heavy atom.